The van der Waals surface area contributed by atoms with Gasteiger partial charge in [-0.2, -0.15) is 0 Å². The first-order valence-electron chi connectivity index (χ1n) is 9.96. The fourth-order valence-corrected chi connectivity index (χ4v) is 5.68. The molecule has 0 aromatic carbocycles. The summed E-state index contributed by atoms with van der Waals surface area (Å²) in [6, 6.07) is 1.04. The van der Waals surface area contributed by atoms with Crippen LogP contribution in [0.1, 0.15) is 6.23 Å². The molecule has 0 amide bonds. The molecule has 206 valence electrons. The maximum Gasteiger partial charge on any atom is 1.00 e. The molecule has 38 heavy (non-hydrogen) atoms. The molecular formula is C15H22N2Na2O16P2S. The summed E-state index contributed by atoms with van der Waals surface area (Å²) in [6.45, 7) is -1.97. The van der Waals surface area contributed by atoms with Crippen molar-refractivity contribution in [2.45, 2.75) is 55.2 Å². The fraction of sp³-hybridized carbons (Fsp3) is 0.733. The topological polar surface area (TPSA) is 286 Å². The van der Waals surface area contributed by atoms with Crippen molar-refractivity contribution in [3.8, 4) is 0 Å². The van der Waals surface area contributed by atoms with Gasteiger partial charge >= 0.3 is 59.1 Å². The Kier molecular flexibility index (Phi) is 14.6. The van der Waals surface area contributed by atoms with E-state index in [4.69, 9.17) is 26.8 Å². The molecule has 0 radical (unpaired) electrons. The Balaban J connectivity index is 0.00000361. The molecule has 1 aromatic heterocycles. The number of ether oxygens (including phenoxy) is 2. The van der Waals surface area contributed by atoms with Crippen molar-refractivity contribution in [2.24, 2.45) is 0 Å². The van der Waals surface area contributed by atoms with Crippen LogP contribution in [0.5, 0.6) is 0 Å². The van der Waals surface area contributed by atoms with Crippen molar-refractivity contribution in [1.29, 1.82) is 0 Å². The van der Waals surface area contributed by atoms with Crippen LogP contribution in [0.2, 0.25) is 0 Å². The van der Waals surface area contributed by atoms with Gasteiger partial charge in [0, 0.05) is 12.3 Å². The minimum Gasteiger partial charge on any atom is -0.756 e. The number of aliphatic hydroxyl groups excluding tert-OH is 6. The Labute approximate surface area is 262 Å². The molecule has 18 nitrogen and oxygen atoms in total. The number of phosphoric acid groups is 2. The molecule has 0 spiro atoms. The van der Waals surface area contributed by atoms with Crippen molar-refractivity contribution in [2.75, 3.05) is 13.2 Å². The standard InChI is InChI=1S/C15H24N2O16P2S.2Na/c18-3-5-8(20)10(22)12(24)14(31-5)32-35(27,28)33-34(25,26)29-4-6-9(21)11(23)13(30-6)17-2-1-7(19)16-15(17)36;;/h1-2,5-6,8-14,18,20-24H,3-4H2,(H,25,26)(H,27,28)(H,16,19,36);;/q;2*+1/p-2/t5-,6-,8-,9-,10+,11-,12-,13-,14-;;/m1../s1. The third-order valence-corrected chi connectivity index (χ3v) is 7.99. The zero-order valence-electron chi connectivity index (χ0n) is 19.8. The van der Waals surface area contributed by atoms with Crippen LogP contribution in [0, 0.1) is 4.77 Å². The summed E-state index contributed by atoms with van der Waals surface area (Å²) in [6.07, 6.45) is -15.0. The maximum atomic E-state index is 12.0. The van der Waals surface area contributed by atoms with E-state index in [1.54, 1.807) is 0 Å². The van der Waals surface area contributed by atoms with Gasteiger partial charge in [-0.05, 0) is 12.2 Å². The summed E-state index contributed by atoms with van der Waals surface area (Å²) < 4.78 is 47.6. The van der Waals surface area contributed by atoms with Crippen molar-refractivity contribution in [3.05, 3.63) is 27.4 Å². The van der Waals surface area contributed by atoms with E-state index in [-0.39, 0.29) is 63.9 Å². The van der Waals surface area contributed by atoms with E-state index >= 15 is 0 Å². The van der Waals surface area contributed by atoms with Crippen molar-refractivity contribution in [1.82, 2.24) is 9.55 Å². The Bertz CT molecular complexity index is 1140. The Morgan fingerprint density at radius 1 is 0.974 bits per heavy atom. The van der Waals surface area contributed by atoms with E-state index in [1.807, 2.05) is 0 Å². The first kappa shape index (κ1) is 37.1. The molecule has 2 unspecified atom stereocenters. The number of aromatic nitrogens is 2. The van der Waals surface area contributed by atoms with Gasteiger partial charge in [0.05, 0.1) is 13.2 Å². The molecule has 3 heterocycles. The van der Waals surface area contributed by atoms with Gasteiger partial charge in [0.1, 0.15) is 42.7 Å². The van der Waals surface area contributed by atoms with Crippen LogP contribution in [0.15, 0.2) is 17.1 Å². The third-order valence-electron chi connectivity index (χ3n) is 5.14. The van der Waals surface area contributed by atoms with Gasteiger partial charge < -0.3 is 54.4 Å². The third kappa shape index (κ3) is 9.02. The Hall–Kier alpha value is 1.04. The SMILES string of the molecule is O=c1ccn([C@@H]2O[C@H](COP(=O)([O-])OP(=O)([O-])O[C@H]3O[C@H](CO)[C@@H](O)[C@H](O)[C@H]3O)[C@@H](O)[C@H]2O)c(=S)[nH]1.[Na+].[Na+]. The van der Waals surface area contributed by atoms with Crippen molar-refractivity contribution < 1.29 is 132 Å². The summed E-state index contributed by atoms with van der Waals surface area (Å²) >= 11 is 4.93. The molecule has 11 atom stereocenters. The first-order valence-corrected chi connectivity index (χ1v) is 13.3. The molecule has 7 N–H and O–H groups in total. The molecule has 23 heteroatoms. The summed E-state index contributed by atoms with van der Waals surface area (Å²) in [5.74, 6) is 0. The van der Waals surface area contributed by atoms with E-state index in [0.29, 0.717) is 0 Å². The fourth-order valence-electron chi connectivity index (χ4n) is 3.34. The number of hydrogen-bond donors (Lipinski definition) is 7. The van der Waals surface area contributed by atoms with Crippen molar-refractivity contribution >= 4 is 27.9 Å². The molecule has 2 fully saturated rings. The van der Waals surface area contributed by atoms with Crippen molar-refractivity contribution in [3.63, 3.8) is 0 Å². The molecule has 1 aromatic rings. The second-order valence-electron chi connectivity index (χ2n) is 7.64. The summed E-state index contributed by atoms with van der Waals surface area (Å²) in [7, 11) is -11.6. The predicted molar refractivity (Wildman–Crippen MR) is 109 cm³/mol. The minimum atomic E-state index is -5.88. The van der Waals surface area contributed by atoms with Gasteiger partial charge in [-0.3, -0.25) is 28.0 Å². The van der Waals surface area contributed by atoms with Crippen LogP contribution in [-0.4, -0.2) is 102 Å². The average Bonchev–Trinajstić information content (AvgIpc) is 3.06. The Morgan fingerprint density at radius 3 is 2.16 bits per heavy atom. The van der Waals surface area contributed by atoms with Gasteiger partial charge in [0.25, 0.3) is 21.2 Å². The minimum absolute atomic E-state index is 0. The molecular weight excluding hydrogens is 604 g/mol. The molecule has 0 saturated carbocycles. The molecule has 2 aliphatic rings. The quantitative estimate of drug-likeness (QED) is 0.0761. The van der Waals surface area contributed by atoms with Gasteiger partial charge in [-0.1, -0.05) is 0 Å². The molecule has 3 rings (SSSR count). The number of aromatic amines is 1. The predicted octanol–water partition coefficient (Wildman–Crippen LogP) is -10.7. The van der Waals surface area contributed by atoms with Gasteiger partial charge in [0.2, 0.25) is 0 Å². The zero-order chi connectivity index (χ0) is 27.0. The number of hydrogen-bond acceptors (Lipinski definition) is 17. The largest absolute Gasteiger partial charge is 1.00 e. The first-order chi connectivity index (χ1) is 16.7. The zero-order valence-corrected chi connectivity index (χ0v) is 26.4. The number of H-pyrrole nitrogens is 1. The summed E-state index contributed by atoms with van der Waals surface area (Å²) in [5.41, 5.74) is -0.554. The van der Waals surface area contributed by atoms with Crippen LogP contribution in [0.3, 0.4) is 0 Å². The van der Waals surface area contributed by atoms with Crippen LogP contribution < -0.4 is 74.5 Å². The van der Waals surface area contributed by atoms with E-state index in [2.05, 4.69) is 18.3 Å². The van der Waals surface area contributed by atoms with Crippen LogP contribution in [-0.2, 0) is 32.0 Å². The second kappa shape index (κ2) is 15.0. The van der Waals surface area contributed by atoms with Crippen LogP contribution in [0.25, 0.3) is 0 Å². The number of phosphoric ester groups is 2. The van der Waals surface area contributed by atoms with Gasteiger partial charge in [-0.25, -0.2) is 4.31 Å². The maximum absolute atomic E-state index is 12.0. The number of nitrogens with one attached hydrogen (secondary N) is 1. The Morgan fingerprint density at radius 2 is 1.58 bits per heavy atom. The number of rotatable bonds is 9. The van der Waals surface area contributed by atoms with Crippen LogP contribution in [0.4, 0.5) is 0 Å². The molecule has 0 bridgehead atoms. The number of nitrogens with zero attached hydrogens (tertiary/aromatic N) is 1. The van der Waals surface area contributed by atoms with E-state index < -0.39 is 89.7 Å². The van der Waals surface area contributed by atoms with E-state index in [1.165, 1.54) is 0 Å². The second-order valence-corrected chi connectivity index (χ2v) is 10.9. The monoisotopic (exact) mass is 626 g/mol. The smallest absolute Gasteiger partial charge is 0.756 e. The average molecular weight is 626 g/mol. The van der Waals surface area contributed by atoms with Gasteiger partial charge in [0.15, 0.2) is 17.3 Å². The summed E-state index contributed by atoms with van der Waals surface area (Å²) in [5, 5.41) is 58.6. The molecule has 2 aliphatic heterocycles. The van der Waals surface area contributed by atoms with Crippen LogP contribution >= 0.6 is 27.9 Å². The van der Waals surface area contributed by atoms with E-state index in [9.17, 15) is 49.2 Å². The van der Waals surface area contributed by atoms with E-state index in [0.717, 1.165) is 16.8 Å². The van der Waals surface area contributed by atoms with Gasteiger partial charge in [-0.15, -0.1) is 0 Å². The molecule has 2 saturated heterocycles. The number of aliphatic hydroxyl groups is 6. The molecule has 0 aliphatic carbocycles. The normalized spacial score (nSPS) is 36.4. The summed E-state index contributed by atoms with van der Waals surface area (Å²) in [4.78, 5) is 37.6.